The van der Waals surface area contributed by atoms with E-state index in [1.807, 2.05) is 0 Å². The number of carbonyl (C=O) groups is 2. The number of unbranched alkanes of at least 4 members (excludes halogenated alkanes) is 3. The van der Waals surface area contributed by atoms with Gasteiger partial charge in [-0.25, -0.2) is 4.79 Å². The van der Waals surface area contributed by atoms with Crippen molar-refractivity contribution in [3.8, 4) is 0 Å². The Bertz CT molecular complexity index is 496. The Morgan fingerprint density at radius 2 is 2.11 bits per heavy atom. The van der Waals surface area contributed by atoms with Crippen molar-refractivity contribution in [2.24, 2.45) is 0 Å². The Morgan fingerprint density at radius 1 is 1.32 bits per heavy atom. The van der Waals surface area contributed by atoms with Crippen molar-refractivity contribution in [3.05, 3.63) is 29.3 Å². The zero-order valence-corrected chi connectivity index (χ0v) is 11.2. The average molecular weight is 261 g/mol. The molecule has 0 spiro atoms. The molecule has 1 heterocycles. The van der Waals surface area contributed by atoms with Gasteiger partial charge in [0, 0.05) is 12.2 Å². The van der Waals surface area contributed by atoms with Crippen LogP contribution in [0.4, 0.5) is 5.69 Å². The van der Waals surface area contributed by atoms with Gasteiger partial charge in [0.1, 0.15) is 0 Å². The van der Waals surface area contributed by atoms with Gasteiger partial charge >= 0.3 is 5.97 Å². The SMILES string of the molecule is CCCCCCN1C(=O)Cc2ccc(C(=O)O)cc21. The van der Waals surface area contributed by atoms with Gasteiger partial charge in [-0.2, -0.15) is 0 Å². The van der Waals surface area contributed by atoms with Gasteiger partial charge in [0.15, 0.2) is 0 Å². The number of amides is 1. The minimum atomic E-state index is -0.951. The summed E-state index contributed by atoms with van der Waals surface area (Å²) in [5.74, 6) is -0.873. The van der Waals surface area contributed by atoms with E-state index < -0.39 is 5.97 Å². The predicted octanol–water partition coefficient (Wildman–Crippen LogP) is 2.85. The smallest absolute Gasteiger partial charge is 0.335 e. The van der Waals surface area contributed by atoms with Crippen LogP contribution >= 0.6 is 0 Å². The van der Waals surface area contributed by atoms with Crippen molar-refractivity contribution in [2.75, 3.05) is 11.4 Å². The molecule has 1 amide bonds. The van der Waals surface area contributed by atoms with E-state index in [1.54, 1.807) is 23.1 Å². The topological polar surface area (TPSA) is 57.6 Å². The molecule has 1 aliphatic heterocycles. The van der Waals surface area contributed by atoms with Crippen molar-refractivity contribution < 1.29 is 14.7 Å². The lowest BCUT2D eigenvalue weighted by molar-refractivity contribution is -0.117. The molecule has 4 heteroatoms. The van der Waals surface area contributed by atoms with Crippen LogP contribution in [-0.4, -0.2) is 23.5 Å². The standard InChI is InChI=1S/C15H19NO3/c1-2-3-4-5-8-16-13-9-12(15(18)19)7-6-11(13)10-14(16)17/h6-7,9H,2-5,8,10H2,1H3,(H,18,19). The number of benzene rings is 1. The van der Waals surface area contributed by atoms with Crippen LogP contribution in [0.25, 0.3) is 0 Å². The van der Waals surface area contributed by atoms with Crippen molar-refractivity contribution in [2.45, 2.75) is 39.0 Å². The van der Waals surface area contributed by atoms with E-state index in [-0.39, 0.29) is 11.5 Å². The highest BCUT2D eigenvalue weighted by molar-refractivity contribution is 6.03. The van der Waals surface area contributed by atoms with E-state index in [0.29, 0.717) is 13.0 Å². The van der Waals surface area contributed by atoms with Gasteiger partial charge in [-0.15, -0.1) is 0 Å². The van der Waals surface area contributed by atoms with Gasteiger partial charge in [0.25, 0.3) is 0 Å². The van der Waals surface area contributed by atoms with Crippen LogP contribution < -0.4 is 4.90 Å². The summed E-state index contributed by atoms with van der Waals surface area (Å²) in [6.07, 6.45) is 4.80. The summed E-state index contributed by atoms with van der Waals surface area (Å²) >= 11 is 0. The number of hydrogen-bond acceptors (Lipinski definition) is 2. The third kappa shape index (κ3) is 2.95. The maximum Gasteiger partial charge on any atom is 0.335 e. The monoisotopic (exact) mass is 261 g/mol. The lowest BCUT2D eigenvalue weighted by Crippen LogP contribution is -2.27. The van der Waals surface area contributed by atoms with Crippen molar-refractivity contribution in [1.29, 1.82) is 0 Å². The number of carboxylic acids is 1. The van der Waals surface area contributed by atoms with Crippen LogP contribution in [-0.2, 0) is 11.2 Å². The fourth-order valence-corrected chi connectivity index (χ4v) is 2.43. The molecule has 0 saturated carbocycles. The molecule has 0 radical (unpaired) electrons. The van der Waals surface area contributed by atoms with Gasteiger partial charge in [-0.05, 0) is 24.1 Å². The van der Waals surface area contributed by atoms with Gasteiger partial charge < -0.3 is 10.0 Å². The number of anilines is 1. The largest absolute Gasteiger partial charge is 0.478 e. The molecule has 1 aliphatic rings. The number of fused-ring (bicyclic) bond motifs is 1. The summed E-state index contributed by atoms with van der Waals surface area (Å²) in [4.78, 5) is 24.7. The molecule has 0 fully saturated rings. The van der Waals surface area contributed by atoms with Gasteiger partial charge in [-0.3, -0.25) is 4.79 Å². The van der Waals surface area contributed by atoms with Crippen LogP contribution in [0.3, 0.4) is 0 Å². The summed E-state index contributed by atoms with van der Waals surface area (Å²) < 4.78 is 0. The third-order valence-corrected chi connectivity index (χ3v) is 3.50. The molecule has 0 aromatic heterocycles. The molecule has 2 rings (SSSR count). The highest BCUT2D eigenvalue weighted by atomic mass is 16.4. The van der Waals surface area contributed by atoms with Crippen LogP contribution in [0.5, 0.6) is 0 Å². The molecule has 0 unspecified atom stereocenters. The first-order valence-corrected chi connectivity index (χ1v) is 6.80. The molecule has 4 nitrogen and oxygen atoms in total. The number of carboxylic acid groups (broad SMARTS) is 1. The molecule has 1 N–H and O–H groups in total. The number of rotatable bonds is 6. The second-order valence-corrected chi connectivity index (χ2v) is 4.93. The summed E-state index contributed by atoms with van der Waals surface area (Å²) in [7, 11) is 0. The summed E-state index contributed by atoms with van der Waals surface area (Å²) in [5.41, 5.74) is 1.96. The van der Waals surface area contributed by atoms with Gasteiger partial charge in [0.05, 0.1) is 12.0 Å². The van der Waals surface area contributed by atoms with Crippen molar-refractivity contribution in [3.63, 3.8) is 0 Å². The number of nitrogens with zero attached hydrogens (tertiary/aromatic N) is 1. The predicted molar refractivity (Wildman–Crippen MR) is 73.6 cm³/mol. The molecule has 0 bridgehead atoms. The fraction of sp³-hybridized carbons (Fsp3) is 0.467. The molecule has 0 aliphatic carbocycles. The Kier molecular flexibility index (Phi) is 4.20. The molecular weight excluding hydrogens is 242 g/mol. The quantitative estimate of drug-likeness (QED) is 0.801. The van der Waals surface area contributed by atoms with Crippen LogP contribution in [0.15, 0.2) is 18.2 Å². The zero-order chi connectivity index (χ0) is 13.8. The van der Waals surface area contributed by atoms with Crippen molar-refractivity contribution >= 4 is 17.6 Å². The minimum absolute atomic E-state index is 0.0778. The Hall–Kier alpha value is -1.84. The second kappa shape index (κ2) is 5.87. The van der Waals surface area contributed by atoms with E-state index in [1.165, 1.54) is 6.42 Å². The first-order valence-electron chi connectivity index (χ1n) is 6.80. The van der Waals surface area contributed by atoms with E-state index in [2.05, 4.69) is 6.92 Å². The first kappa shape index (κ1) is 13.6. The summed E-state index contributed by atoms with van der Waals surface area (Å²) in [5, 5.41) is 9.01. The second-order valence-electron chi connectivity index (χ2n) is 4.93. The van der Waals surface area contributed by atoms with Gasteiger partial charge in [0.2, 0.25) is 5.91 Å². The Labute approximate surface area is 113 Å². The van der Waals surface area contributed by atoms with Gasteiger partial charge in [-0.1, -0.05) is 32.3 Å². The van der Waals surface area contributed by atoms with E-state index in [0.717, 1.165) is 30.5 Å². The molecular formula is C15H19NO3. The lowest BCUT2D eigenvalue weighted by atomic mass is 10.1. The van der Waals surface area contributed by atoms with E-state index in [9.17, 15) is 9.59 Å². The zero-order valence-electron chi connectivity index (χ0n) is 11.2. The normalized spacial score (nSPS) is 13.7. The molecule has 0 atom stereocenters. The summed E-state index contributed by atoms with van der Waals surface area (Å²) in [6, 6.07) is 4.93. The number of aromatic carboxylic acids is 1. The van der Waals surface area contributed by atoms with E-state index >= 15 is 0 Å². The van der Waals surface area contributed by atoms with Crippen LogP contribution in [0, 0.1) is 0 Å². The fourth-order valence-electron chi connectivity index (χ4n) is 2.43. The van der Waals surface area contributed by atoms with Crippen LogP contribution in [0.2, 0.25) is 0 Å². The highest BCUT2D eigenvalue weighted by Crippen LogP contribution is 2.30. The third-order valence-electron chi connectivity index (χ3n) is 3.50. The number of hydrogen-bond donors (Lipinski definition) is 1. The highest BCUT2D eigenvalue weighted by Gasteiger charge is 2.27. The molecule has 1 aromatic carbocycles. The number of carbonyl (C=O) groups excluding carboxylic acids is 1. The first-order chi connectivity index (χ1) is 9.13. The molecule has 0 saturated heterocycles. The molecule has 102 valence electrons. The Balaban J connectivity index is 2.12. The van der Waals surface area contributed by atoms with E-state index in [4.69, 9.17) is 5.11 Å². The van der Waals surface area contributed by atoms with Crippen molar-refractivity contribution in [1.82, 2.24) is 0 Å². The maximum absolute atomic E-state index is 12.0. The molecule has 19 heavy (non-hydrogen) atoms. The molecule has 1 aromatic rings. The Morgan fingerprint density at radius 3 is 2.79 bits per heavy atom. The van der Waals surface area contributed by atoms with Crippen LogP contribution in [0.1, 0.15) is 48.5 Å². The minimum Gasteiger partial charge on any atom is -0.478 e. The lowest BCUT2D eigenvalue weighted by Gasteiger charge is -2.17. The average Bonchev–Trinajstić information content (AvgIpc) is 2.70. The summed E-state index contributed by atoms with van der Waals surface area (Å²) in [6.45, 7) is 2.84. The maximum atomic E-state index is 12.0.